The molecule has 1 heterocycles. The van der Waals surface area contributed by atoms with Crippen LogP contribution in [0.15, 0.2) is 18.5 Å². The van der Waals surface area contributed by atoms with Crippen LogP contribution in [0.5, 0.6) is 5.75 Å². The molecule has 0 aromatic carbocycles. The van der Waals surface area contributed by atoms with Crippen LogP contribution in [-0.2, 0) is 6.61 Å². The molecule has 1 fully saturated rings. The van der Waals surface area contributed by atoms with Gasteiger partial charge in [0.2, 0.25) is 0 Å². The molecular weight excluding hydrogens is 214 g/mol. The maximum absolute atomic E-state index is 9.15. The highest BCUT2D eigenvalue weighted by Crippen LogP contribution is 2.26. The minimum Gasteiger partial charge on any atom is -0.493 e. The number of hydrogen-bond donors (Lipinski definition) is 1. The Morgan fingerprint density at radius 2 is 2.12 bits per heavy atom. The Balaban J connectivity index is 1.77. The minimum absolute atomic E-state index is 0.00734. The number of hydrogen-bond acceptors (Lipinski definition) is 3. The van der Waals surface area contributed by atoms with E-state index < -0.39 is 0 Å². The third kappa shape index (κ3) is 3.70. The molecule has 1 aromatic heterocycles. The Hall–Kier alpha value is -1.09. The van der Waals surface area contributed by atoms with Crippen molar-refractivity contribution in [2.75, 3.05) is 6.61 Å². The van der Waals surface area contributed by atoms with E-state index in [-0.39, 0.29) is 6.61 Å². The van der Waals surface area contributed by atoms with Gasteiger partial charge in [-0.05, 0) is 18.4 Å². The summed E-state index contributed by atoms with van der Waals surface area (Å²) in [7, 11) is 0. The van der Waals surface area contributed by atoms with E-state index in [4.69, 9.17) is 9.84 Å². The summed E-state index contributed by atoms with van der Waals surface area (Å²) in [6.07, 6.45) is 11.4. The van der Waals surface area contributed by atoms with Crippen molar-refractivity contribution in [3.05, 3.63) is 24.0 Å². The van der Waals surface area contributed by atoms with Crippen LogP contribution in [0, 0.1) is 5.92 Å². The fourth-order valence-electron chi connectivity index (χ4n) is 2.49. The van der Waals surface area contributed by atoms with Gasteiger partial charge in [-0.25, -0.2) is 0 Å². The molecule has 1 aromatic rings. The van der Waals surface area contributed by atoms with Crippen molar-refractivity contribution in [1.29, 1.82) is 0 Å². The summed E-state index contributed by atoms with van der Waals surface area (Å²) in [5, 5.41) is 9.15. The molecule has 2 rings (SSSR count). The topological polar surface area (TPSA) is 42.4 Å². The number of rotatable bonds is 5. The van der Waals surface area contributed by atoms with Crippen molar-refractivity contribution in [2.24, 2.45) is 5.92 Å². The van der Waals surface area contributed by atoms with Gasteiger partial charge in [0.25, 0.3) is 0 Å². The molecule has 3 heteroatoms. The Labute approximate surface area is 103 Å². The molecule has 1 aliphatic rings. The first-order valence-electron chi connectivity index (χ1n) is 6.56. The number of ether oxygens (including phenoxy) is 1. The fraction of sp³-hybridized carbons (Fsp3) is 0.643. The predicted octanol–water partition coefficient (Wildman–Crippen LogP) is 2.92. The van der Waals surface area contributed by atoms with Crippen LogP contribution in [0.25, 0.3) is 0 Å². The molecule has 0 saturated heterocycles. The van der Waals surface area contributed by atoms with Gasteiger partial charge in [-0.1, -0.05) is 32.1 Å². The molecule has 1 aliphatic carbocycles. The van der Waals surface area contributed by atoms with Crippen molar-refractivity contribution in [1.82, 2.24) is 4.98 Å². The van der Waals surface area contributed by atoms with E-state index in [2.05, 4.69) is 4.98 Å². The molecule has 94 valence electrons. The highest BCUT2D eigenvalue weighted by molar-refractivity contribution is 5.29. The molecule has 0 amide bonds. The summed E-state index contributed by atoms with van der Waals surface area (Å²) in [4.78, 5) is 3.97. The van der Waals surface area contributed by atoms with Gasteiger partial charge in [0.15, 0.2) is 0 Å². The zero-order chi connectivity index (χ0) is 11.9. The number of aromatic nitrogens is 1. The first kappa shape index (κ1) is 12.4. The van der Waals surface area contributed by atoms with Gasteiger partial charge in [-0.3, -0.25) is 4.98 Å². The SMILES string of the molecule is OCc1cnccc1OCCC1CCCCC1. The summed E-state index contributed by atoms with van der Waals surface area (Å²) in [6, 6.07) is 1.83. The van der Waals surface area contributed by atoms with Crippen molar-refractivity contribution in [3.8, 4) is 5.75 Å². The van der Waals surface area contributed by atoms with E-state index in [1.54, 1.807) is 12.4 Å². The fourth-order valence-corrected chi connectivity index (χ4v) is 2.49. The van der Waals surface area contributed by atoms with E-state index in [1.807, 2.05) is 6.07 Å². The number of aliphatic hydroxyl groups excluding tert-OH is 1. The first-order valence-corrected chi connectivity index (χ1v) is 6.56. The van der Waals surface area contributed by atoms with Gasteiger partial charge < -0.3 is 9.84 Å². The Bertz CT molecular complexity index is 335. The second kappa shape index (κ2) is 6.60. The highest BCUT2D eigenvalue weighted by atomic mass is 16.5. The Morgan fingerprint density at radius 1 is 1.29 bits per heavy atom. The Kier molecular flexibility index (Phi) is 4.80. The zero-order valence-corrected chi connectivity index (χ0v) is 10.3. The largest absolute Gasteiger partial charge is 0.493 e. The predicted molar refractivity (Wildman–Crippen MR) is 66.8 cm³/mol. The maximum atomic E-state index is 9.15. The molecule has 0 aliphatic heterocycles. The van der Waals surface area contributed by atoms with E-state index in [0.717, 1.165) is 30.3 Å². The minimum atomic E-state index is -0.00734. The Morgan fingerprint density at radius 3 is 2.88 bits per heavy atom. The van der Waals surface area contributed by atoms with Gasteiger partial charge in [0.05, 0.1) is 13.2 Å². The van der Waals surface area contributed by atoms with Crippen molar-refractivity contribution < 1.29 is 9.84 Å². The normalized spacial score (nSPS) is 17.0. The number of pyridine rings is 1. The molecule has 0 radical (unpaired) electrons. The standard InChI is InChI=1S/C14H21NO2/c16-11-13-10-15-8-6-14(13)17-9-7-12-4-2-1-3-5-12/h6,8,10,12,16H,1-5,7,9,11H2. The van der Waals surface area contributed by atoms with E-state index in [1.165, 1.54) is 32.1 Å². The summed E-state index contributed by atoms with van der Waals surface area (Å²) in [5.41, 5.74) is 0.774. The molecule has 0 spiro atoms. The van der Waals surface area contributed by atoms with Gasteiger partial charge in [-0.2, -0.15) is 0 Å². The molecule has 3 nitrogen and oxygen atoms in total. The van der Waals surface area contributed by atoms with Crippen LogP contribution in [0.2, 0.25) is 0 Å². The second-order valence-corrected chi connectivity index (χ2v) is 4.78. The molecule has 17 heavy (non-hydrogen) atoms. The van der Waals surface area contributed by atoms with Crippen molar-refractivity contribution in [3.63, 3.8) is 0 Å². The maximum Gasteiger partial charge on any atom is 0.127 e. The highest BCUT2D eigenvalue weighted by Gasteiger charge is 2.13. The van der Waals surface area contributed by atoms with Gasteiger partial charge in [0.1, 0.15) is 5.75 Å². The molecule has 1 N–H and O–H groups in total. The van der Waals surface area contributed by atoms with Gasteiger partial charge >= 0.3 is 0 Å². The lowest BCUT2D eigenvalue weighted by Gasteiger charge is -2.21. The van der Waals surface area contributed by atoms with Gasteiger partial charge in [0, 0.05) is 18.0 Å². The summed E-state index contributed by atoms with van der Waals surface area (Å²) < 4.78 is 5.73. The van der Waals surface area contributed by atoms with E-state index in [9.17, 15) is 0 Å². The average molecular weight is 235 g/mol. The lowest BCUT2D eigenvalue weighted by Crippen LogP contribution is -2.11. The lowest BCUT2D eigenvalue weighted by atomic mass is 9.87. The van der Waals surface area contributed by atoms with Crippen LogP contribution in [0.3, 0.4) is 0 Å². The summed E-state index contributed by atoms with van der Waals surface area (Å²) >= 11 is 0. The van der Waals surface area contributed by atoms with Gasteiger partial charge in [-0.15, -0.1) is 0 Å². The van der Waals surface area contributed by atoms with E-state index >= 15 is 0 Å². The zero-order valence-electron chi connectivity index (χ0n) is 10.3. The average Bonchev–Trinajstić information content (AvgIpc) is 2.40. The molecule has 0 atom stereocenters. The van der Waals surface area contributed by atoms with E-state index in [0.29, 0.717) is 0 Å². The van der Waals surface area contributed by atoms with Crippen molar-refractivity contribution >= 4 is 0 Å². The summed E-state index contributed by atoms with van der Waals surface area (Å²) in [5.74, 6) is 1.61. The van der Waals surface area contributed by atoms with Crippen LogP contribution in [0.4, 0.5) is 0 Å². The molecule has 0 bridgehead atoms. The first-order chi connectivity index (χ1) is 8.40. The van der Waals surface area contributed by atoms with Crippen LogP contribution >= 0.6 is 0 Å². The van der Waals surface area contributed by atoms with Crippen LogP contribution in [0.1, 0.15) is 44.1 Å². The van der Waals surface area contributed by atoms with Crippen LogP contribution < -0.4 is 4.74 Å². The summed E-state index contributed by atoms with van der Waals surface area (Å²) in [6.45, 7) is 0.744. The number of nitrogens with zero attached hydrogens (tertiary/aromatic N) is 1. The smallest absolute Gasteiger partial charge is 0.127 e. The monoisotopic (exact) mass is 235 g/mol. The third-order valence-corrected chi connectivity index (χ3v) is 3.54. The molecule has 0 unspecified atom stereocenters. The lowest BCUT2D eigenvalue weighted by molar-refractivity contribution is 0.233. The third-order valence-electron chi connectivity index (χ3n) is 3.54. The number of aliphatic hydroxyl groups is 1. The van der Waals surface area contributed by atoms with Crippen LogP contribution in [-0.4, -0.2) is 16.7 Å². The molecule has 1 saturated carbocycles. The molecular formula is C14H21NO2. The van der Waals surface area contributed by atoms with Crippen molar-refractivity contribution in [2.45, 2.75) is 45.1 Å². The quantitative estimate of drug-likeness (QED) is 0.853. The second-order valence-electron chi connectivity index (χ2n) is 4.78.